The van der Waals surface area contributed by atoms with Crippen molar-refractivity contribution in [3.8, 4) is 0 Å². The Morgan fingerprint density at radius 1 is 1.04 bits per heavy atom. The summed E-state index contributed by atoms with van der Waals surface area (Å²) in [5.74, 6) is -6.17. The van der Waals surface area contributed by atoms with Gasteiger partial charge in [0.1, 0.15) is 60.9 Å². The van der Waals surface area contributed by atoms with Gasteiger partial charge in [-0.05, 0) is 14.0 Å². The van der Waals surface area contributed by atoms with Crippen LogP contribution in [0.25, 0.3) is 0 Å². The molecule has 2 saturated heterocycles. The predicted octanol–water partition coefficient (Wildman–Crippen LogP) is -8.69. The molecule has 2 aliphatic heterocycles. The Labute approximate surface area is 308 Å². The average molecular weight is 784 g/mol. The Bertz CT molecular complexity index is 1360. The normalized spacial score (nSPS) is 40.6. The summed E-state index contributed by atoms with van der Waals surface area (Å²) in [6, 6.07) is -5.06. The smallest absolute Gasteiger partial charge is 0.310 e. The Hall–Kier alpha value is -3.21. The molecule has 310 valence electrons. The van der Waals surface area contributed by atoms with Crippen molar-refractivity contribution in [2.24, 2.45) is 32.6 Å². The molecular weight excluding hydrogens is 730 g/mol. The highest BCUT2D eigenvalue weighted by molar-refractivity contribution is 5.82. The van der Waals surface area contributed by atoms with Crippen LogP contribution in [0.5, 0.6) is 0 Å². The summed E-state index contributed by atoms with van der Waals surface area (Å²) in [6.07, 6.45) is -20.5. The van der Waals surface area contributed by atoms with Crippen LogP contribution in [0.2, 0.25) is 0 Å². The number of hydrogen-bond donors (Lipinski definition) is 14. The first-order valence-electron chi connectivity index (χ1n) is 16.8. The van der Waals surface area contributed by atoms with Crippen LogP contribution in [0.15, 0.2) is 9.98 Å². The lowest BCUT2D eigenvalue weighted by Gasteiger charge is -2.51. The number of aliphatic hydroxyl groups excluding tert-OH is 8. The summed E-state index contributed by atoms with van der Waals surface area (Å²) in [4.78, 5) is 46.1. The molecule has 1 amide bonds. The van der Waals surface area contributed by atoms with Gasteiger partial charge in [0.15, 0.2) is 30.4 Å². The quantitative estimate of drug-likeness (QED) is 0.0227. The number of carbonyl (C=O) groups is 3. The second-order valence-corrected chi connectivity index (χ2v) is 13.8. The molecule has 1 aliphatic carbocycles. The summed E-state index contributed by atoms with van der Waals surface area (Å²) in [7, 11) is 1.35. The van der Waals surface area contributed by atoms with Gasteiger partial charge < -0.3 is 97.5 Å². The summed E-state index contributed by atoms with van der Waals surface area (Å²) < 4.78 is 28.9. The van der Waals surface area contributed by atoms with Gasteiger partial charge in [0, 0.05) is 12.0 Å². The van der Waals surface area contributed by atoms with Crippen molar-refractivity contribution in [1.29, 1.82) is 0 Å². The number of likely N-dealkylation sites (N-methyl/N-ethyl adjacent to an activating group) is 1. The molecule has 17 N–H and O–H groups in total. The fraction of sp³-hybridized carbons (Fsp3) is 0.833. The number of esters is 1. The van der Waals surface area contributed by atoms with Crippen molar-refractivity contribution in [1.82, 2.24) is 10.6 Å². The van der Waals surface area contributed by atoms with Crippen LogP contribution in [0.3, 0.4) is 0 Å². The van der Waals surface area contributed by atoms with Crippen molar-refractivity contribution in [2.45, 2.75) is 124 Å². The number of amides is 1. The molecule has 3 aliphatic rings. The number of nitrogens with two attached hydrogens (primary N) is 3. The van der Waals surface area contributed by atoms with E-state index in [1.165, 1.54) is 27.8 Å². The van der Waals surface area contributed by atoms with Gasteiger partial charge in [0.25, 0.3) is 5.79 Å². The summed E-state index contributed by atoms with van der Waals surface area (Å²) in [5, 5.41) is 101. The first kappa shape index (κ1) is 45.2. The van der Waals surface area contributed by atoms with Crippen molar-refractivity contribution < 1.29 is 84.0 Å². The summed E-state index contributed by atoms with van der Waals surface area (Å²) >= 11 is 0. The standard InChI is InChI=1S/C30H53N7O17/c1-11-29(49,9-40)23(52-25-15(34-4)17(43)16(42)12(7-38)51-25)26(50-11)54-30(53-13(41)5-6-35-24(48)22(47)28(2,3)8-39)20(37-27(32)33)18(44)14(36-10-31)19(45)21(30)46/h9-12,14-23,25-26,34,38-39,42-47,49H,5-8H2,1-4H3,(H2,31,36)(H,35,48)(H4,32,33,37)/t11-,12-,14+,15-,16-,17-,18+,19-,20-,21+,22-,23-,25-,26-,29+,30-/m0/s1. The summed E-state index contributed by atoms with van der Waals surface area (Å²) in [5.41, 5.74) is 12.8. The second-order valence-electron chi connectivity index (χ2n) is 13.8. The number of aldehydes is 1. The van der Waals surface area contributed by atoms with Crippen LogP contribution in [0.1, 0.15) is 27.2 Å². The zero-order chi connectivity index (χ0) is 40.9. The number of nitrogens with one attached hydrogen (secondary N) is 2. The molecule has 0 aromatic carbocycles. The third-order valence-corrected chi connectivity index (χ3v) is 9.69. The topological polar surface area (TPSA) is 406 Å². The number of ether oxygens (including phenoxy) is 5. The number of carbonyl (C=O) groups excluding carboxylic acids is 3. The molecule has 24 nitrogen and oxygen atoms in total. The molecule has 16 atom stereocenters. The van der Waals surface area contributed by atoms with Crippen molar-refractivity contribution in [3.63, 3.8) is 0 Å². The van der Waals surface area contributed by atoms with E-state index in [0.717, 1.165) is 0 Å². The molecule has 3 fully saturated rings. The maximum Gasteiger partial charge on any atom is 0.310 e. The fourth-order valence-corrected chi connectivity index (χ4v) is 6.26. The zero-order valence-corrected chi connectivity index (χ0v) is 30.0. The highest BCUT2D eigenvalue weighted by Gasteiger charge is 2.67. The lowest BCUT2D eigenvalue weighted by molar-refractivity contribution is -0.377. The van der Waals surface area contributed by atoms with Gasteiger partial charge in [0.05, 0.1) is 38.1 Å². The highest BCUT2D eigenvalue weighted by atomic mass is 16.8. The van der Waals surface area contributed by atoms with E-state index < -0.39 is 146 Å². The fourth-order valence-electron chi connectivity index (χ4n) is 6.26. The molecule has 2 heterocycles. The van der Waals surface area contributed by atoms with Crippen LogP contribution >= 0.6 is 0 Å². The highest BCUT2D eigenvalue weighted by Crippen LogP contribution is 2.43. The first-order chi connectivity index (χ1) is 25.2. The predicted molar refractivity (Wildman–Crippen MR) is 179 cm³/mol. The molecule has 54 heavy (non-hydrogen) atoms. The van der Waals surface area contributed by atoms with Crippen LogP contribution in [-0.2, 0) is 38.1 Å². The average Bonchev–Trinajstić information content (AvgIpc) is 3.35. The van der Waals surface area contributed by atoms with Gasteiger partial charge in [-0.3, -0.25) is 19.4 Å². The van der Waals surface area contributed by atoms with Crippen LogP contribution in [0.4, 0.5) is 0 Å². The number of nitrogens with zero attached hydrogens (tertiary/aromatic N) is 2. The Balaban J connectivity index is 2.10. The van der Waals surface area contributed by atoms with Crippen LogP contribution < -0.4 is 27.8 Å². The Morgan fingerprint density at radius 2 is 1.69 bits per heavy atom. The third-order valence-electron chi connectivity index (χ3n) is 9.69. The third kappa shape index (κ3) is 8.92. The monoisotopic (exact) mass is 783 g/mol. The molecule has 0 bridgehead atoms. The lowest BCUT2D eigenvalue weighted by atomic mass is 9.78. The van der Waals surface area contributed by atoms with E-state index in [2.05, 4.69) is 20.6 Å². The van der Waals surface area contributed by atoms with E-state index in [1.54, 1.807) is 0 Å². The number of rotatable bonds is 16. The number of guanidine groups is 1. The molecule has 0 radical (unpaired) electrons. The Kier molecular flexibility index (Phi) is 15.2. The summed E-state index contributed by atoms with van der Waals surface area (Å²) in [6.45, 7) is 2.13. The van der Waals surface area contributed by atoms with E-state index in [4.69, 9.17) is 40.9 Å². The maximum atomic E-state index is 13.5. The van der Waals surface area contributed by atoms with Crippen LogP contribution in [-0.4, -0.2) is 200 Å². The lowest BCUT2D eigenvalue weighted by Crippen LogP contribution is -2.73. The molecular formula is C30H53N7O17. The van der Waals surface area contributed by atoms with Crippen molar-refractivity contribution >= 4 is 30.5 Å². The van der Waals surface area contributed by atoms with Gasteiger partial charge in [-0.2, -0.15) is 0 Å². The minimum atomic E-state index is -3.11. The van der Waals surface area contributed by atoms with Gasteiger partial charge >= 0.3 is 5.97 Å². The number of aliphatic imine (C=N–C) groups is 2. The zero-order valence-electron chi connectivity index (χ0n) is 30.0. The molecule has 24 heteroatoms. The molecule has 0 aromatic rings. The first-order valence-corrected chi connectivity index (χ1v) is 16.8. The SMILES string of the molecule is CN[C@@H]1[C@H](O[C@H]2[C@H](O[C@]3(OC(=O)CCNC(=O)[C@H](O)C(C)(C)CO)[C@H](O)[C@@H](O)[C@H](N=CN)[C@@H](O)[C@@H]3N=C(N)N)O[C@@H](C)[C@]2(O)C=O)O[C@@H](CO)[C@H](O)[C@H]1O. The van der Waals surface area contributed by atoms with Crippen molar-refractivity contribution in [2.75, 3.05) is 26.8 Å². The molecule has 0 unspecified atom stereocenters. The van der Waals surface area contributed by atoms with Crippen LogP contribution in [0, 0.1) is 5.41 Å². The minimum Gasteiger partial charge on any atom is -0.427 e. The van der Waals surface area contributed by atoms with E-state index in [1.807, 2.05) is 0 Å². The minimum absolute atomic E-state index is 0.0199. The van der Waals surface area contributed by atoms with Gasteiger partial charge in [-0.1, -0.05) is 13.8 Å². The van der Waals surface area contributed by atoms with Gasteiger partial charge in [-0.15, -0.1) is 0 Å². The van der Waals surface area contributed by atoms with Gasteiger partial charge in [0.2, 0.25) is 5.91 Å². The molecule has 3 rings (SSSR count). The van der Waals surface area contributed by atoms with Gasteiger partial charge in [-0.25, -0.2) is 4.99 Å². The molecule has 0 aromatic heterocycles. The number of hydrogen-bond acceptors (Lipinski definition) is 20. The largest absolute Gasteiger partial charge is 0.427 e. The maximum absolute atomic E-state index is 13.5. The second kappa shape index (κ2) is 18.2. The Morgan fingerprint density at radius 3 is 2.22 bits per heavy atom. The molecule has 1 saturated carbocycles. The van der Waals surface area contributed by atoms with E-state index >= 15 is 0 Å². The van der Waals surface area contributed by atoms with Crippen molar-refractivity contribution in [3.05, 3.63) is 0 Å². The molecule has 0 spiro atoms. The van der Waals surface area contributed by atoms with E-state index in [0.29, 0.717) is 6.34 Å². The van der Waals surface area contributed by atoms with E-state index in [9.17, 15) is 60.3 Å². The van der Waals surface area contributed by atoms with E-state index in [-0.39, 0.29) is 6.29 Å². The number of aliphatic hydroxyl groups is 9.